The monoisotopic (exact) mass is 188 g/mol. The molecule has 0 aliphatic carbocycles. The largest absolute Gasteiger partial charge is 0.409 e. The molecule has 0 spiro atoms. The quantitative estimate of drug-likeness (QED) is 0.214. The molecular formula is C7H16N4O2. The van der Waals surface area contributed by atoms with Crippen LogP contribution in [0.3, 0.4) is 0 Å². The van der Waals surface area contributed by atoms with Crippen LogP contribution in [0.4, 0.5) is 4.79 Å². The van der Waals surface area contributed by atoms with Crippen LogP contribution in [-0.4, -0.2) is 29.7 Å². The first kappa shape index (κ1) is 11.5. The van der Waals surface area contributed by atoms with E-state index in [1.54, 1.807) is 6.92 Å². The maximum absolute atomic E-state index is 11.0. The van der Waals surface area contributed by atoms with E-state index >= 15 is 0 Å². The highest BCUT2D eigenvalue weighted by Crippen LogP contribution is 2.08. The lowest BCUT2D eigenvalue weighted by atomic mass is 9.98. The van der Waals surface area contributed by atoms with Crippen LogP contribution in [-0.2, 0) is 0 Å². The normalized spacial score (nSPS) is 16.1. The molecule has 0 radical (unpaired) electrons. The summed E-state index contributed by atoms with van der Waals surface area (Å²) >= 11 is 0. The number of nitrogens with two attached hydrogens (primary N) is 1. The Morgan fingerprint density at radius 2 is 2.23 bits per heavy atom. The van der Waals surface area contributed by atoms with Gasteiger partial charge in [0, 0.05) is 7.05 Å². The number of oxime groups is 1. The van der Waals surface area contributed by atoms with Crippen molar-refractivity contribution in [2.24, 2.45) is 10.9 Å². The number of amidine groups is 1. The van der Waals surface area contributed by atoms with Crippen LogP contribution in [0.1, 0.15) is 20.3 Å². The second kappa shape index (κ2) is 4.54. The van der Waals surface area contributed by atoms with Crippen molar-refractivity contribution in [2.45, 2.75) is 25.8 Å². The molecule has 2 amide bonds. The van der Waals surface area contributed by atoms with E-state index < -0.39 is 5.54 Å². The average molecular weight is 188 g/mol. The molecule has 0 rings (SSSR count). The molecule has 6 nitrogen and oxygen atoms in total. The number of hydrogen-bond acceptors (Lipinski definition) is 3. The van der Waals surface area contributed by atoms with Crippen LogP contribution in [0.2, 0.25) is 0 Å². The van der Waals surface area contributed by atoms with Gasteiger partial charge in [0.05, 0.1) is 5.54 Å². The minimum atomic E-state index is -0.811. The molecule has 1 unspecified atom stereocenters. The fourth-order valence-electron chi connectivity index (χ4n) is 0.757. The van der Waals surface area contributed by atoms with E-state index in [9.17, 15) is 4.79 Å². The van der Waals surface area contributed by atoms with Gasteiger partial charge >= 0.3 is 6.03 Å². The average Bonchev–Trinajstić information content (AvgIpc) is 2.15. The van der Waals surface area contributed by atoms with Crippen molar-refractivity contribution in [2.75, 3.05) is 7.05 Å². The van der Waals surface area contributed by atoms with Gasteiger partial charge in [0.15, 0.2) is 5.84 Å². The Morgan fingerprint density at radius 1 is 1.69 bits per heavy atom. The van der Waals surface area contributed by atoms with Crippen LogP contribution in [0.25, 0.3) is 0 Å². The Balaban J connectivity index is 4.55. The summed E-state index contributed by atoms with van der Waals surface area (Å²) in [6.07, 6.45) is 0.538. The van der Waals surface area contributed by atoms with Crippen molar-refractivity contribution >= 4 is 11.9 Å². The molecule has 6 heteroatoms. The van der Waals surface area contributed by atoms with Crippen LogP contribution in [0.15, 0.2) is 5.16 Å². The molecule has 5 N–H and O–H groups in total. The minimum Gasteiger partial charge on any atom is -0.409 e. The van der Waals surface area contributed by atoms with Crippen LogP contribution in [0, 0.1) is 0 Å². The van der Waals surface area contributed by atoms with E-state index in [2.05, 4.69) is 15.8 Å². The first-order chi connectivity index (χ1) is 6.00. The van der Waals surface area contributed by atoms with Gasteiger partial charge in [-0.3, -0.25) is 0 Å². The molecule has 13 heavy (non-hydrogen) atoms. The predicted molar refractivity (Wildman–Crippen MR) is 49.7 cm³/mol. The van der Waals surface area contributed by atoms with E-state index in [1.807, 2.05) is 6.92 Å². The Hall–Kier alpha value is -1.46. The van der Waals surface area contributed by atoms with Crippen molar-refractivity contribution < 1.29 is 10.0 Å². The molecule has 0 saturated heterocycles. The predicted octanol–water partition coefficient (Wildman–Crippen LogP) is -0.169. The lowest BCUT2D eigenvalue weighted by Gasteiger charge is -2.27. The van der Waals surface area contributed by atoms with Gasteiger partial charge in [0.2, 0.25) is 0 Å². The molecular weight excluding hydrogens is 172 g/mol. The number of hydrogen-bond donors (Lipinski definition) is 4. The maximum Gasteiger partial charge on any atom is 0.315 e. The van der Waals surface area contributed by atoms with E-state index in [4.69, 9.17) is 10.9 Å². The second-order valence-electron chi connectivity index (χ2n) is 2.88. The lowest BCUT2D eigenvalue weighted by Crippen LogP contribution is -2.57. The smallest absolute Gasteiger partial charge is 0.315 e. The highest BCUT2D eigenvalue weighted by atomic mass is 16.4. The van der Waals surface area contributed by atoms with Crippen LogP contribution < -0.4 is 16.4 Å². The first-order valence-corrected chi connectivity index (χ1v) is 3.98. The summed E-state index contributed by atoms with van der Waals surface area (Å²) in [4.78, 5) is 11.0. The summed E-state index contributed by atoms with van der Waals surface area (Å²) in [5.41, 5.74) is 4.61. The van der Waals surface area contributed by atoms with E-state index in [0.29, 0.717) is 6.42 Å². The number of carbonyl (C=O) groups excluding carboxylic acids is 1. The van der Waals surface area contributed by atoms with Crippen molar-refractivity contribution in [3.05, 3.63) is 0 Å². The van der Waals surface area contributed by atoms with Gasteiger partial charge in [-0.15, -0.1) is 0 Å². The van der Waals surface area contributed by atoms with Gasteiger partial charge in [-0.05, 0) is 13.3 Å². The van der Waals surface area contributed by atoms with Crippen molar-refractivity contribution in [1.82, 2.24) is 10.6 Å². The molecule has 0 aromatic rings. The Labute approximate surface area is 77.2 Å². The van der Waals surface area contributed by atoms with Gasteiger partial charge in [-0.25, -0.2) is 4.79 Å². The third kappa shape index (κ3) is 2.81. The van der Waals surface area contributed by atoms with Crippen molar-refractivity contribution in [1.29, 1.82) is 0 Å². The number of urea groups is 1. The Kier molecular flexibility index (Phi) is 4.03. The Bertz CT molecular complexity index is 217. The van der Waals surface area contributed by atoms with Gasteiger partial charge in [-0.2, -0.15) is 0 Å². The fourth-order valence-corrected chi connectivity index (χ4v) is 0.757. The third-order valence-corrected chi connectivity index (χ3v) is 2.00. The summed E-state index contributed by atoms with van der Waals surface area (Å²) in [6.45, 7) is 3.51. The molecule has 1 atom stereocenters. The zero-order chi connectivity index (χ0) is 10.5. The summed E-state index contributed by atoms with van der Waals surface area (Å²) in [6, 6.07) is -0.365. The fraction of sp³-hybridized carbons (Fsp3) is 0.714. The molecule has 0 aromatic heterocycles. The Morgan fingerprint density at radius 3 is 2.54 bits per heavy atom. The number of nitrogens with zero attached hydrogens (tertiary/aromatic N) is 1. The van der Waals surface area contributed by atoms with Crippen LogP contribution in [0.5, 0.6) is 0 Å². The highest BCUT2D eigenvalue weighted by molar-refractivity contribution is 5.93. The third-order valence-electron chi connectivity index (χ3n) is 2.00. The van der Waals surface area contributed by atoms with E-state index in [0.717, 1.165) is 0 Å². The molecule has 0 aliphatic heterocycles. The summed E-state index contributed by atoms with van der Waals surface area (Å²) in [5, 5.41) is 16.3. The zero-order valence-corrected chi connectivity index (χ0v) is 8.09. The summed E-state index contributed by atoms with van der Waals surface area (Å²) in [5.74, 6) is -0.0152. The highest BCUT2D eigenvalue weighted by Gasteiger charge is 2.29. The number of carbonyl (C=O) groups is 1. The van der Waals surface area contributed by atoms with Crippen LogP contribution >= 0.6 is 0 Å². The summed E-state index contributed by atoms with van der Waals surface area (Å²) in [7, 11) is 1.50. The number of amides is 2. The van der Waals surface area contributed by atoms with E-state index in [-0.39, 0.29) is 11.9 Å². The molecule has 76 valence electrons. The topological polar surface area (TPSA) is 99.7 Å². The molecule has 0 bridgehead atoms. The SMILES string of the molecule is CCC(C)(NC(=O)NC)C(N)=NO. The number of rotatable bonds is 3. The molecule has 0 heterocycles. The zero-order valence-electron chi connectivity index (χ0n) is 8.09. The molecule has 0 saturated carbocycles. The van der Waals surface area contributed by atoms with Gasteiger partial charge in [0.1, 0.15) is 0 Å². The van der Waals surface area contributed by atoms with E-state index in [1.165, 1.54) is 7.05 Å². The van der Waals surface area contributed by atoms with Gasteiger partial charge in [-0.1, -0.05) is 12.1 Å². The van der Waals surface area contributed by atoms with Gasteiger partial charge < -0.3 is 21.6 Å². The minimum absolute atomic E-state index is 0.0152. The molecule has 0 aromatic carbocycles. The van der Waals surface area contributed by atoms with Crippen molar-refractivity contribution in [3.63, 3.8) is 0 Å². The summed E-state index contributed by atoms with van der Waals surface area (Å²) < 4.78 is 0. The number of nitrogens with one attached hydrogen (secondary N) is 2. The molecule has 0 aliphatic rings. The van der Waals surface area contributed by atoms with Gasteiger partial charge in [0.25, 0.3) is 0 Å². The standard InChI is InChI=1S/C7H16N4O2/c1-4-7(2,5(8)11-13)10-6(12)9-3/h13H,4H2,1-3H3,(H2,8,11)(H2,9,10,12). The maximum atomic E-state index is 11.0. The first-order valence-electron chi connectivity index (χ1n) is 3.98. The second-order valence-corrected chi connectivity index (χ2v) is 2.88. The lowest BCUT2D eigenvalue weighted by molar-refractivity contribution is 0.235. The van der Waals surface area contributed by atoms with Crippen molar-refractivity contribution in [3.8, 4) is 0 Å². The molecule has 0 fully saturated rings.